The third-order valence-corrected chi connectivity index (χ3v) is 3.63. The Labute approximate surface area is 135 Å². The third-order valence-electron chi connectivity index (χ3n) is 3.63. The SMILES string of the molecule is CCCCCCCCOC(=O)C(=O)OCCCCCCCC. The summed E-state index contributed by atoms with van der Waals surface area (Å²) in [5.41, 5.74) is 0. The van der Waals surface area contributed by atoms with Crippen molar-refractivity contribution in [1.82, 2.24) is 0 Å². The van der Waals surface area contributed by atoms with E-state index in [4.69, 9.17) is 9.47 Å². The Morgan fingerprint density at radius 2 is 0.864 bits per heavy atom. The van der Waals surface area contributed by atoms with Crippen molar-refractivity contribution in [2.75, 3.05) is 13.2 Å². The number of hydrogen-bond acceptors (Lipinski definition) is 4. The third kappa shape index (κ3) is 13.9. The molecule has 0 aliphatic rings. The lowest BCUT2D eigenvalue weighted by Gasteiger charge is -2.06. The molecule has 0 saturated carbocycles. The van der Waals surface area contributed by atoms with Crippen LogP contribution in [0.5, 0.6) is 0 Å². The van der Waals surface area contributed by atoms with Gasteiger partial charge in [0.1, 0.15) is 0 Å². The molecule has 4 nitrogen and oxygen atoms in total. The van der Waals surface area contributed by atoms with Gasteiger partial charge in [-0.15, -0.1) is 0 Å². The Bertz CT molecular complexity index is 248. The summed E-state index contributed by atoms with van der Waals surface area (Å²) in [7, 11) is 0. The molecule has 0 aliphatic carbocycles. The largest absolute Gasteiger partial charge is 0.457 e. The molecule has 0 N–H and O–H groups in total. The Morgan fingerprint density at radius 1 is 0.545 bits per heavy atom. The molecule has 0 spiro atoms. The van der Waals surface area contributed by atoms with Crippen molar-refractivity contribution >= 4 is 11.9 Å². The van der Waals surface area contributed by atoms with Crippen molar-refractivity contribution in [2.45, 2.75) is 90.9 Å². The van der Waals surface area contributed by atoms with E-state index in [9.17, 15) is 9.59 Å². The van der Waals surface area contributed by atoms with E-state index in [1.54, 1.807) is 0 Å². The van der Waals surface area contributed by atoms with Crippen LogP contribution in [-0.2, 0) is 19.1 Å². The Balaban J connectivity index is 3.38. The van der Waals surface area contributed by atoms with Gasteiger partial charge in [0.25, 0.3) is 0 Å². The zero-order chi connectivity index (χ0) is 16.5. The van der Waals surface area contributed by atoms with Crippen LogP contribution in [0.3, 0.4) is 0 Å². The molecule has 22 heavy (non-hydrogen) atoms. The number of carbonyl (C=O) groups is 2. The minimum absolute atomic E-state index is 0.317. The highest BCUT2D eigenvalue weighted by atomic mass is 16.6. The smallest absolute Gasteiger partial charge is 0.417 e. The van der Waals surface area contributed by atoms with Gasteiger partial charge in [-0.3, -0.25) is 0 Å². The van der Waals surface area contributed by atoms with Gasteiger partial charge in [-0.2, -0.15) is 0 Å². The van der Waals surface area contributed by atoms with Crippen molar-refractivity contribution in [1.29, 1.82) is 0 Å². The highest BCUT2D eigenvalue weighted by Crippen LogP contribution is 2.06. The topological polar surface area (TPSA) is 52.6 Å². The molecule has 0 fully saturated rings. The molecule has 4 heteroatoms. The van der Waals surface area contributed by atoms with Gasteiger partial charge in [0, 0.05) is 0 Å². The zero-order valence-electron chi connectivity index (χ0n) is 14.5. The lowest BCUT2D eigenvalue weighted by molar-refractivity contribution is -0.167. The van der Waals surface area contributed by atoms with Gasteiger partial charge in [0.2, 0.25) is 0 Å². The molecule has 0 amide bonds. The molecule has 0 aromatic heterocycles. The number of carbonyl (C=O) groups excluding carboxylic acids is 2. The summed E-state index contributed by atoms with van der Waals surface area (Å²) in [6.45, 7) is 4.99. The molecule has 0 rings (SSSR count). The average Bonchev–Trinajstić information content (AvgIpc) is 2.52. The van der Waals surface area contributed by atoms with E-state index < -0.39 is 11.9 Å². The molecular weight excluding hydrogens is 280 g/mol. The van der Waals surface area contributed by atoms with Crippen molar-refractivity contribution in [2.24, 2.45) is 0 Å². The normalized spacial score (nSPS) is 10.5. The number of rotatable bonds is 14. The fourth-order valence-electron chi connectivity index (χ4n) is 2.21. The van der Waals surface area contributed by atoms with Crippen molar-refractivity contribution in [3.8, 4) is 0 Å². The van der Waals surface area contributed by atoms with Crippen LogP contribution >= 0.6 is 0 Å². The highest BCUT2D eigenvalue weighted by Gasteiger charge is 2.16. The molecule has 130 valence electrons. The molecule has 0 aliphatic heterocycles. The second-order valence-corrected chi connectivity index (χ2v) is 5.81. The van der Waals surface area contributed by atoms with E-state index in [1.165, 1.54) is 38.5 Å². The van der Waals surface area contributed by atoms with Gasteiger partial charge in [-0.25, -0.2) is 9.59 Å². The first-order valence-corrected chi connectivity index (χ1v) is 9.06. The number of ether oxygens (including phenoxy) is 2. The van der Waals surface area contributed by atoms with Crippen LogP contribution < -0.4 is 0 Å². The van der Waals surface area contributed by atoms with E-state index in [1.807, 2.05) is 0 Å². The van der Waals surface area contributed by atoms with Gasteiger partial charge >= 0.3 is 11.9 Å². The minimum atomic E-state index is -0.848. The first kappa shape index (κ1) is 20.9. The first-order chi connectivity index (χ1) is 10.7. The molecule has 0 saturated heterocycles. The number of unbranched alkanes of at least 4 members (excludes halogenated alkanes) is 10. The van der Waals surface area contributed by atoms with Crippen LogP contribution in [0.25, 0.3) is 0 Å². The summed E-state index contributed by atoms with van der Waals surface area (Å²) in [6.07, 6.45) is 13.5. The van der Waals surface area contributed by atoms with E-state index in [-0.39, 0.29) is 0 Å². The van der Waals surface area contributed by atoms with E-state index >= 15 is 0 Å². The summed E-state index contributed by atoms with van der Waals surface area (Å²) in [5, 5.41) is 0. The zero-order valence-corrected chi connectivity index (χ0v) is 14.5. The highest BCUT2D eigenvalue weighted by molar-refractivity contribution is 6.29. The van der Waals surface area contributed by atoms with Crippen LogP contribution in [0.1, 0.15) is 90.9 Å². The van der Waals surface area contributed by atoms with E-state index in [0.29, 0.717) is 13.2 Å². The van der Waals surface area contributed by atoms with Gasteiger partial charge in [-0.05, 0) is 12.8 Å². The molecule has 0 atom stereocenters. The maximum Gasteiger partial charge on any atom is 0.417 e. The molecule has 0 heterocycles. The fourth-order valence-corrected chi connectivity index (χ4v) is 2.21. The molecular formula is C18H34O4. The molecule has 0 unspecified atom stereocenters. The van der Waals surface area contributed by atoms with Gasteiger partial charge < -0.3 is 9.47 Å². The summed E-state index contributed by atoms with van der Waals surface area (Å²) in [6, 6.07) is 0. The van der Waals surface area contributed by atoms with Gasteiger partial charge in [0.15, 0.2) is 0 Å². The molecule has 0 aromatic rings. The van der Waals surface area contributed by atoms with Crippen LogP contribution in [0, 0.1) is 0 Å². The average molecular weight is 314 g/mol. The summed E-state index contributed by atoms with van der Waals surface area (Å²) >= 11 is 0. The fraction of sp³-hybridized carbons (Fsp3) is 0.889. The number of hydrogen-bond donors (Lipinski definition) is 0. The molecule has 0 aromatic carbocycles. The Hall–Kier alpha value is -1.06. The predicted octanol–water partition coefficient (Wildman–Crippen LogP) is 4.79. The lowest BCUT2D eigenvalue weighted by atomic mass is 10.1. The summed E-state index contributed by atoms with van der Waals surface area (Å²) in [5.74, 6) is -1.70. The van der Waals surface area contributed by atoms with Crippen molar-refractivity contribution in [3.05, 3.63) is 0 Å². The van der Waals surface area contributed by atoms with Crippen LogP contribution in [0.2, 0.25) is 0 Å². The standard InChI is InChI=1S/C18H34O4/c1-3-5-7-9-11-13-15-21-17(19)18(20)22-16-14-12-10-8-6-4-2/h3-16H2,1-2H3. The molecule has 0 bridgehead atoms. The van der Waals surface area contributed by atoms with Crippen LogP contribution in [0.4, 0.5) is 0 Å². The van der Waals surface area contributed by atoms with E-state index in [0.717, 1.165) is 38.5 Å². The maximum absolute atomic E-state index is 11.4. The van der Waals surface area contributed by atoms with Crippen molar-refractivity contribution < 1.29 is 19.1 Å². The lowest BCUT2D eigenvalue weighted by Crippen LogP contribution is -2.21. The molecule has 0 radical (unpaired) electrons. The Morgan fingerprint density at radius 3 is 1.23 bits per heavy atom. The van der Waals surface area contributed by atoms with Crippen molar-refractivity contribution in [3.63, 3.8) is 0 Å². The monoisotopic (exact) mass is 314 g/mol. The van der Waals surface area contributed by atoms with E-state index in [2.05, 4.69) is 13.8 Å². The quantitative estimate of drug-likeness (QED) is 0.263. The number of esters is 2. The van der Waals surface area contributed by atoms with Crippen LogP contribution in [-0.4, -0.2) is 25.2 Å². The predicted molar refractivity (Wildman–Crippen MR) is 88.7 cm³/mol. The second-order valence-electron chi connectivity index (χ2n) is 5.81. The Kier molecular flexibility index (Phi) is 15.5. The minimum Gasteiger partial charge on any atom is -0.457 e. The second kappa shape index (κ2) is 16.3. The maximum atomic E-state index is 11.4. The van der Waals surface area contributed by atoms with Gasteiger partial charge in [-0.1, -0.05) is 78.1 Å². The summed E-state index contributed by atoms with van der Waals surface area (Å²) < 4.78 is 9.81. The van der Waals surface area contributed by atoms with Gasteiger partial charge in [0.05, 0.1) is 13.2 Å². The van der Waals surface area contributed by atoms with Crippen LogP contribution in [0.15, 0.2) is 0 Å². The first-order valence-electron chi connectivity index (χ1n) is 9.06. The summed E-state index contributed by atoms with van der Waals surface area (Å²) in [4.78, 5) is 22.8.